The van der Waals surface area contributed by atoms with Crippen LogP contribution in [0.3, 0.4) is 0 Å². The van der Waals surface area contributed by atoms with Gasteiger partial charge >= 0.3 is 0 Å². The van der Waals surface area contributed by atoms with Gasteiger partial charge in [-0.25, -0.2) is 0 Å². The minimum Gasteiger partial charge on any atom is -0.383 e. The number of pyridine rings is 1. The van der Waals surface area contributed by atoms with Crippen LogP contribution in [0.1, 0.15) is 18.9 Å². The molecule has 0 aliphatic carbocycles. The summed E-state index contributed by atoms with van der Waals surface area (Å²) in [6.45, 7) is 2.93. The number of carbonyl (C=O) groups excluding carboxylic acids is 1. The van der Waals surface area contributed by atoms with Crippen LogP contribution in [0.15, 0.2) is 42.7 Å². The Labute approximate surface area is 129 Å². The number of aromatic nitrogens is 1. The van der Waals surface area contributed by atoms with E-state index in [1.165, 1.54) is 0 Å². The third-order valence-corrected chi connectivity index (χ3v) is 3.14. The van der Waals surface area contributed by atoms with E-state index in [1.54, 1.807) is 24.5 Å². The summed E-state index contributed by atoms with van der Waals surface area (Å²) >= 11 is 6.01. The van der Waals surface area contributed by atoms with Crippen LogP contribution in [0.2, 0.25) is 5.02 Å². The number of hydrogen-bond acceptors (Lipinski definition) is 3. The highest BCUT2D eigenvalue weighted by Crippen LogP contribution is 2.26. The Balaban J connectivity index is 2.07. The van der Waals surface area contributed by atoms with Gasteiger partial charge in [0.2, 0.25) is 5.91 Å². The zero-order chi connectivity index (χ0) is 15.1. The maximum atomic E-state index is 12.1. The number of benzene rings is 1. The fraction of sp³-hybridized carbons (Fsp3) is 0.250. The van der Waals surface area contributed by atoms with Gasteiger partial charge in [0, 0.05) is 24.0 Å². The van der Waals surface area contributed by atoms with Crippen LogP contribution in [0, 0.1) is 0 Å². The van der Waals surface area contributed by atoms with E-state index in [0.29, 0.717) is 10.7 Å². The lowest BCUT2D eigenvalue weighted by molar-refractivity contribution is -0.115. The topological polar surface area (TPSA) is 54.0 Å². The SMILES string of the molecule is CCCNc1ccc(Cl)cc1NC(=O)Cc1cccnc1. The van der Waals surface area contributed by atoms with Gasteiger partial charge in [0.25, 0.3) is 0 Å². The Morgan fingerprint density at radius 3 is 2.86 bits per heavy atom. The predicted octanol–water partition coefficient (Wildman–Crippen LogP) is 3.74. The molecule has 0 fully saturated rings. The highest BCUT2D eigenvalue weighted by Gasteiger charge is 2.08. The van der Waals surface area contributed by atoms with Crippen LogP contribution < -0.4 is 10.6 Å². The molecule has 2 aromatic rings. The number of hydrogen-bond donors (Lipinski definition) is 2. The minimum absolute atomic E-state index is 0.0928. The van der Waals surface area contributed by atoms with Crippen LogP contribution in [0.5, 0.6) is 0 Å². The van der Waals surface area contributed by atoms with Crippen molar-refractivity contribution in [3.05, 3.63) is 53.3 Å². The Bertz CT molecular complexity index is 602. The first-order valence-corrected chi connectivity index (χ1v) is 7.29. The quantitative estimate of drug-likeness (QED) is 0.855. The maximum Gasteiger partial charge on any atom is 0.228 e. The zero-order valence-electron chi connectivity index (χ0n) is 11.9. The van der Waals surface area contributed by atoms with Gasteiger partial charge in [0.1, 0.15) is 0 Å². The second kappa shape index (κ2) is 7.64. The van der Waals surface area contributed by atoms with Gasteiger partial charge in [0.15, 0.2) is 0 Å². The van der Waals surface area contributed by atoms with Crippen molar-refractivity contribution in [1.82, 2.24) is 4.98 Å². The van der Waals surface area contributed by atoms with Crippen molar-refractivity contribution in [2.75, 3.05) is 17.2 Å². The standard InChI is InChI=1S/C16H18ClN3O/c1-2-7-19-14-6-5-13(17)10-15(14)20-16(21)9-12-4-3-8-18-11-12/h3-6,8,10-11,19H,2,7,9H2,1H3,(H,20,21). The molecule has 0 saturated carbocycles. The Hall–Kier alpha value is -2.07. The van der Waals surface area contributed by atoms with Gasteiger partial charge in [0.05, 0.1) is 17.8 Å². The number of halogens is 1. The molecular weight excluding hydrogens is 286 g/mol. The summed E-state index contributed by atoms with van der Waals surface area (Å²) in [6.07, 6.45) is 4.66. The van der Waals surface area contributed by atoms with E-state index in [2.05, 4.69) is 22.5 Å². The Morgan fingerprint density at radius 2 is 2.14 bits per heavy atom. The van der Waals surface area contributed by atoms with Crippen LogP contribution in [-0.4, -0.2) is 17.4 Å². The molecule has 1 heterocycles. The van der Waals surface area contributed by atoms with Crippen molar-refractivity contribution >= 4 is 28.9 Å². The molecule has 0 saturated heterocycles. The molecule has 0 bridgehead atoms. The molecule has 0 unspecified atom stereocenters. The second-order valence-electron chi connectivity index (χ2n) is 4.70. The van der Waals surface area contributed by atoms with Gasteiger partial charge in [-0.3, -0.25) is 9.78 Å². The van der Waals surface area contributed by atoms with Gasteiger partial charge in [-0.2, -0.15) is 0 Å². The Morgan fingerprint density at radius 1 is 1.29 bits per heavy atom. The molecule has 0 atom stereocenters. The van der Waals surface area contributed by atoms with E-state index in [-0.39, 0.29) is 12.3 Å². The lowest BCUT2D eigenvalue weighted by Gasteiger charge is -2.13. The molecule has 1 amide bonds. The summed E-state index contributed by atoms with van der Waals surface area (Å²) in [5.74, 6) is -0.0928. The van der Waals surface area contributed by atoms with E-state index in [0.717, 1.165) is 24.2 Å². The molecule has 21 heavy (non-hydrogen) atoms. The van der Waals surface area contributed by atoms with E-state index >= 15 is 0 Å². The Kier molecular flexibility index (Phi) is 5.58. The van der Waals surface area contributed by atoms with Crippen LogP contribution >= 0.6 is 11.6 Å². The minimum atomic E-state index is -0.0928. The van der Waals surface area contributed by atoms with Crippen LogP contribution in [0.4, 0.5) is 11.4 Å². The van der Waals surface area contributed by atoms with Crippen LogP contribution in [-0.2, 0) is 11.2 Å². The molecule has 2 N–H and O–H groups in total. The number of nitrogens with one attached hydrogen (secondary N) is 2. The normalized spacial score (nSPS) is 10.2. The third kappa shape index (κ3) is 4.76. The fourth-order valence-corrected chi connectivity index (χ4v) is 2.09. The molecule has 5 heteroatoms. The first kappa shape index (κ1) is 15.3. The number of anilines is 2. The predicted molar refractivity (Wildman–Crippen MR) is 86.8 cm³/mol. The van der Waals surface area contributed by atoms with Crippen molar-refractivity contribution in [3.63, 3.8) is 0 Å². The van der Waals surface area contributed by atoms with Crippen molar-refractivity contribution < 1.29 is 4.79 Å². The number of rotatable bonds is 6. The second-order valence-corrected chi connectivity index (χ2v) is 5.14. The number of carbonyl (C=O) groups is 1. The molecule has 0 spiro atoms. The smallest absolute Gasteiger partial charge is 0.228 e. The summed E-state index contributed by atoms with van der Waals surface area (Å²) in [5, 5.41) is 6.76. The molecule has 0 aliphatic heterocycles. The van der Waals surface area contributed by atoms with Crippen molar-refractivity contribution in [3.8, 4) is 0 Å². The summed E-state index contributed by atoms with van der Waals surface area (Å²) < 4.78 is 0. The molecule has 1 aromatic heterocycles. The molecule has 0 aliphatic rings. The maximum absolute atomic E-state index is 12.1. The average Bonchev–Trinajstić information content (AvgIpc) is 2.47. The highest BCUT2D eigenvalue weighted by atomic mass is 35.5. The average molecular weight is 304 g/mol. The third-order valence-electron chi connectivity index (χ3n) is 2.91. The molecule has 1 aromatic carbocycles. The summed E-state index contributed by atoms with van der Waals surface area (Å²) in [5.41, 5.74) is 2.45. The van der Waals surface area contributed by atoms with Crippen molar-refractivity contribution in [1.29, 1.82) is 0 Å². The van der Waals surface area contributed by atoms with Gasteiger partial charge in [-0.1, -0.05) is 24.6 Å². The summed E-state index contributed by atoms with van der Waals surface area (Å²) in [4.78, 5) is 16.1. The highest BCUT2D eigenvalue weighted by molar-refractivity contribution is 6.31. The summed E-state index contributed by atoms with van der Waals surface area (Å²) in [6, 6.07) is 9.12. The number of nitrogens with zero attached hydrogens (tertiary/aromatic N) is 1. The largest absolute Gasteiger partial charge is 0.383 e. The van der Waals surface area contributed by atoms with Crippen molar-refractivity contribution in [2.24, 2.45) is 0 Å². The van der Waals surface area contributed by atoms with Gasteiger partial charge < -0.3 is 10.6 Å². The van der Waals surface area contributed by atoms with Crippen molar-refractivity contribution in [2.45, 2.75) is 19.8 Å². The monoisotopic (exact) mass is 303 g/mol. The molecule has 4 nitrogen and oxygen atoms in total. The van der Waals surface area contributed by atoms with E-state index in [1.807, 2.05) is 18.2 Å². The molecule has 2 rings (SSSR count). The number of amides is 1. The van der Waals surface area contributed by atoms with Crippen LogP contribution in [0.25, 0.3) is 0 Å². The van der Waals surface area contributed by atoms with E-state index < -0.39 is 0 Å². The molecule has 0 radical (unpaired) electrons. The van der Waals surface area contributed by atoms with Gasteiger partial charge in [-0.05, 0) is 36.2 Å². The van der Waals surface area contributed by atoms with Gasteiger partial charge in [-0.15, -0.1) is 0 Å². The van der Waals surface area contributed by atoms with E-state index in [9.17, 15) is 4.79 Å². The first-order chi connectivity index (χ1) is 10.2. The zero-order valence-corrected chi connectivity index (χ0v) is 12.7. The molecule has 110 valence electrons. The summed E-state index contributed by atoms with van der Waals surface area (Å²) in [7, 11) is 0. The van der Waals surface area contributed by atoms with E-state index in [4.69, 9.17) is 11.6 Å². The molecular formula is C16H18ClN3O. The lowest BCUT2D eigenvalue weighted by Crippen LogP contribution is -2.16. The fourth-order valence-electron chi connectivity index (χ4n) is 1.92. The first-order valence-electron chi connectivity index (χ1n) is 6.91. The lowest BCUT2D eigenvalue weighted by atomic mass is 10.2.